The van der Waals surface area contributed by atoms with Gasteiger partial charge in [-0.15, -0.1) is 0 Å². The van der Waals surface area contributed by atoms with E-state index in [0.717, 1.165) is 6.07 Å². The van der Waals surface area contributed by atoms with Crippen LogP contribution in [-0.4, -0.2) is 16.1 Å². The van der Waals surface area contributed by atoms with Crippen molar-refractivity contribution in [3.63, 3.8) is 0 Å². The molecule has 7 heteroatoms. The first kappa shape index (κ1) is 10.5. The summed E-state index contributed by atoms with van der Waals surface area (Å²) in [4.78, 5) is 13.9. The molecule has 0 spiro atoms. The second kappa shape index (κ2) is 3.62. The molecule has 4 nitrogen and oxygen atoms in total. The maximum Gasteiger partial charge on any atom is 0.417 e. The molecule has 0 aromatic carbocycles. The molecule has 1 heterocycles. The van der Waals surface area contributed by atoms with E-state index in [1.807, 2.05) is 0 Å². The summed E-state index contributed by atoms with van der Waals surface area (Å²) in [6, 6.07) is 1.58. The first-order valence-electron chi connectivity index (χ1n) is 3.43. The number of nitrogens with one attached hydrogen (secondary N) is 1. The molecule has 0 bridgehead atoms. The Bertz CT molecular complexity index is 334. The molecule has 1 aromatic heterocycles. The minimum absolute atomic E-state index is 0.291. The predicted octanol–water partition coefficient (Wildman–Crippen LogP) is 1.22. The van der Waals surface area contributed by atoms with Gasteiger partial charge in [0.1, 0.15) is 5.69 Å². The maximum atomic E-state index is 12.0. The second-order valence-corrected chi connectivity index (χ2v) is 2.37. The molecule has 0 radical (unpaired) electrons. The molecular formula is C7H5F3N2O2. The van der Waals surface area contributed by atoms with Crippen LogP contribution in [0.5, 0.6) is 0 Å². The van der Waals surface area contributed by atoms with Crippen molar-refractivity contribution in [3.05, 3.63) is 29.6 Å². The zero-order valence-electron chi connectivity index (χ0n) is 6.67. The smallest absolute Gasteiger partial charge is 0.288 e. The van der Waals surface area contributed by atoms with Gasteiger partial charge in [-0.25, -0.2) is 5.48 Å². The topological polar surface area (TPSA) is 62.2 Å². The highest BCUT2D eigenvalue weighted by Gasteiger charge is 2.30. The van der Waals surface area contributed by atoms with Gasteiger partial charge in [0.25, 0.3) is 5.91 Å². The number of aromatic nitrogens is 1. The Kier molecular flexibility index (Phi) is 2.70. The van der Waals surface area contributed by atoms with E-state index >= 15 is 0 Å². The Labute approximate surface area is 76.3 Å². The third-order valence-electron chi connectivity index (χ3n) is 1.42. The van der Waals surface area contributed by atoms with E-state index in [0.29, 0.717) is 12.3 Å². The molecule has 0 aliphatic carbocycles. The fourth-order valence-corrected chi connectivity index (χ4v) is 0.753. The monoisotopic (exact) mass is 206 g/mol. The Morgan fingerprint density at radius 2 is 2.07 bits per heavy atom. The highest BCUT2D eigenvalue weighted by Crippen LogP contribution is 2.28. The molecule has 1 aromatic rings. The number of hydroxylamine groups is 1. The number of hydrogen-bond acceptors (Lipinski definition) is 3. The quantitative estimate of drug-likeness (QED) is 0.536. The Morgan fingerprint density at radius 1 is 1.43 bits per heavy atom. The van der Waals surface area contributed by atoms with Gasteiger partial charge in [-0.05, 0) is 12.1 Å². The molecular weight excluding hydrogens is 201 g/mol. The number of hydrogen-bond donors (Lipinski definition) is 2. The number of pyridine rings is 1. The molecule has 0 aliphatic heterocycles. The lowest BCUT2D eigenvalue weighted by Gasteiger charge is -2.05. The SMILES string of the molecule is O=C(NO)c1ccc(C(F)(F)F)cn1. The van der Waals surface area contributed by atoms with Crippen molar-refractivity contribution in [2.45, 2.75) is 6.18 Å². The van der Waals surface area contributed by atoms with Crippen LogP contribution in [0, 0.1) is 0 Å². The average Bonchev–Trinajstić information content (AvgIpc) is 2.15. The van der Waals surface area contributed by atoms with Crippen LogP contribution in [0.3, 0.4) is 0 Å². The van der Waals surface area contributed by atoms with Gasteiger partial charge < -0.3 is 0 Å². The van der Waals surface area contributed by atoms with E-state index in [9.17, 15) is 18.0 Å². The van der Waals surface area contributed by atoms with Crippen LogP contribution in [0.1, 0.15) is 16.1 Å². The highest BCUT2D eigenvalue weighted by molar-refractivity contribution is 5.91. The maximum absolute atomic E-state index is 12.0. The second-order valence-electron chi connectivity index (χ2n) is 2.37. The van der Waals surface area contributed by atoms with Crippen LogP contribution in [0.15, 0.2) is 18.3 Å². The lowest BCUT2D eigenvalue weighted by atomic mass is 10.2. The van der Waals surface area contributed by atoms with Gasteiger partial charge in [0.2, 0.25) is 0 Å². The minimum atomic E-state index is -4.48. The predicted molar refractivity (Wildman–Crippen MR) is 38.5 cm³/mol. The zero-order valence-corrected chi connectivity index (χ0v) is 6.67. The van der Waals surface area contributed by atoms with Crippen LogP contribution in [0.4, 0.5) is 13.2 Å². The summed E-state index contributed by atoms with van der Waals surface area (Å²) < 4.78 is 36.0. The fraction of sp³-hybridized carbons (Fsp3) is 0.143. The van der Waals surface area contributed by atoms with Crippen molar-refractivity contribution >= 4 is 5.91 Å². The largest absolute Gasteiger partial charge is 0.417 e. The molecule has 0 aliphatic rings. The molecule has 0 saturated heterocycles. The van der Waals surface area contributed by atoms with Gasteiger partial charge in [0.15, 0.2) is 0 Å². The number of rotatable bonds is 1. The Hall–Kier alpha value is -1.63. The third kappa shape index (κ3) is 2.19. The van der Waals surface area contributed by atoms with E-state index in [1.54, 1.807) is 0 Å². The zero-order chi connectivity index (χ0) is 10.8. The van der Waals surface area contributed by atoms with E-state index in [2.05, 4.69) is 4.98 Å². The van der Waals surface area contributed by atoms with Crippen LogP contribution in [0.2, 0.25) is 0 Å². The van der Waals surface area contributed by atoms with Gasteiger partial charge >= 0.3 is 6.18 Å². The fourth-order valence-electron chi connectivity index (χ4n) is 0.753. The van der Waals surface area contributed by atoms with Crippen LogP contribution in [-0.2, 0) is 6.18 Å². The van der Waals surface area contributed by atoms with Gasteiger partial charge in [0.05, 0.1) is 5.56 Å². The lowest BCUT2D eigenvalue weighted by Crippen LogP contribution is -2.20. The number of halogens is 3. The highest BCUT2D eigenvalue weighted by atomic mass is 19.4. The van der Waals surface area contributed by atoms with Crippen molar-refractivity contribution in [2.24, 2.45) is 0 Å². The molecule has 1 rings (SSSR count). The minimum Gasteiger partial charge on any atom is -0.288 e. The summed E-state index contributed by atoms with van der Waals surface area (Å²) in [5.74, 6) is -0.960. The van der Waals surface area contributed by atoms with Crippen molar-refractivity contribution in [1.82, 2.24) is 10.5 Å². The van der Waals surface area contributed by atoms with E-state index in [-0.39, 0.29) is 5.69 Å². The van der Waals surface area contributed by atoms with Gasteiger partial charge in [-0.2, -0.15) is 13.2 Å². The van der Waals surface area contributed by atoms with E-state index in [1.165, 1.54) is 5.48 Å². The molecule has 14 heavy (non-hydrogen) atoms. The Balaban J connectivity index is 2.95. The molecule has 0 atom stereocenters. The average molecular weight is 206 g/mol. The van der Waals surface area contributed by atoms with Crippen molar-refractivity contribution < 1.29 is 23.2 Å². The van der Waals surface area contributed by atoms with Crippen LogP contribution < -0.4 is 5.48 Å². The summed E-state index contributed by atoms with van der Waals surface area (Å²) in [5.41, 5.74) is 0.0137. The van der Waals surface area contributed by atoms with E-state index < -0.39 is 17.6 Å². The van der Waals surface area contributed by atoms with Crippen molar-refractivity contribution in [3.8, 4) is 0 Å². The van der Waals surface area contributed by atoms with Gasteiger partial charge in [-0.3, -0.25) is 15.0 Å². The molecule has 76 valence electrons. The molecule has 0 fully saturated rings. The van der Waals surface area contributed by atoms with Crippen LogP contribution in [0.25, 0.3) is 0 Å². The summed E-state index contributed by atoms with van der Waals surface area (Å²) in [5, 5.41) is 8.16. The number of carbonyl (C=O) groups excluding carboxylic acids is 1. The molecule has 0 saturated carbocycles. The lowest BCUT2D eigenvalue weighted by molar-refractivity contribution is -0.137. The van der Waals surface area contributed by atoms with Gasteiger partial charge in [0, 0.05) is 6.20 Å². The summed E-state index contributed by atoms with van der Waals surface area (Å²) in [7, 11) is 0. The van der Waals surface area contributed by atoms with Gasteiger partial charge in [-0.1, -0.05) is 0 Å². The number of carbonyl (C=O) groups is 1. The van der Waals surface area contributed by atoms with Crippen molar-refractivity contribution in [2.75, 3.05) is 0 Å². The summed E-state index contributed by atoms with van der Waals surface area (Å²) >= 11 is 0. The number of amides is 1. The van der Waals surface area contributed by atoms with Crippen LogP contribution >= 0.6 is 0 Å². The Morgan fingerprint density at radius 3 is 2.43 bits per heavy atom. The van der Waals surface area contributed by atoms with Crippen molar-refractivity contribution in [1.29, 1.82) is 0 Å². The third-order valence-corrected chi connectivity index (χ3v) is 1.42. The first-order valence-corrected chi connectivity index (χ1v) is 3.43. The number of alkyl halides is 3. The summed E-state index contributed by atoms with van der Waals surface area (Å²) in [6.45, 7) is 0. The molecule has 1 amide bonds. The molecule has 0 unspecified atom stereocenters. The number of nitrogens with zero attached hydrogens (tertiary/aromatic N) is 1. The normalized spacial score (nSPS) is 11.1. The molecule has 2 N–H and O–H groups in total. The first-order chi connectivity index (χ1) is 6.45. The van der Waals surface area contributed by atoms with E-state index in [4.69, 9.17) is 5.21 Å². The summed E-state index contributed by atoms with van der Waals surface area (Å²) in [6.07, 6.45) is -3.97. The standard InChI is InChI=1S/C7H5F3N2O2/c8-7(9,10)4-1-2-5(11-3-4)6(13)12-14/h1-3,14H,(H,12,13).